The van der Waals surface area contributed by atoms with Crippen LogP contribution in [-0.2, 0) is 6.42 Å². The van der Waals surface area contributed by atoms with Crippen molar-refractivity contribution in [1.82, 2.24) is 14.9 Å². The molecule has 0 bridgehead atoms. The second-order valence-corrected chi connectivity index (χ2v) is 4.27. The van der Waals surface area contributed by atoms with Crippen molar-refractivity contribution < 1.29 is 4.74 Å². The SMILES string of the molecule is C#CCOc1ccccc1/C=N\n1c(CC)n[nH]c1=S. The molecule has 0 aliphatic heterocycles. The van der Waals surface area contributed by atoms with Crippen LogP contribution in [0, 0.1) is 17.1 Å². The van der Waals surface area contributed by atoms with Gasteiger partial charge in [0.15, 0.2) is 5.82 Å². The number of rotatable bonds is 5. The summed E-state index contributed by atoms with van der Waals surface area (Å²) in [6.45, 7) is 2.21. The minimum Gasteiger partial charge on any atom is -0.480 e. The first-order chi connectivity index (χ1) is 9.76. The second-order valence-electron chi connectivity index (χ2n) is 3.89. The van der Waals surface area contributed by atoms with Crippen molar-refractivity contribution in [3.8, 4) is 18.1 Å². The number of aryl methyl sites for hydroxylation is 1. The van der Waals surface area contributed by atoms with Crippen LogP contribution in [0.5, 0.6) is 5.75 Å². The van der Waals surface area contributed by atoms with Gasteiger partial charge in [-0.2, -0.15) is 14.9 Å². The Morgan fingerprint density at radius 1 is 1.55 bits per heavy atom. The summed E-state index contributed by atoms with van der Waals surface area (Å²) in [5, 5.41) is 11.1. The lowest BCUT2D eigenvalue weighted by atomic mass is 10.2. The summed E-state index contributed by atoms with van der Waals surface area (Å²) >= 11 is 5.13. The number of hydrogen-bond acceptors (Lipinski definition) is 4. The topological polar surface area (TPSA) is 55.2 Å². The van der Waals surface area contributed by atoms with Crippen molar-refractivity contribution in [2.75, 3.05) is 6.61 Å². The van der Waals surface area contributed by atoms with Crippen molar-refractivity contribution in [3.63, 3.8) is 0 Å². The molecule has 0 unspecified atom stereocenters. The van der Waals surface area contributed by atoms with Crippen LogP contribution in [0.25, 0.3) is 0 Å². The van der Waals surface area contributed by atoms with E-state index in [1.54, 1.807) is 10.9 Å². The molecule has 0 radical (unpaired) electrons. The lowest BCUT2D eigenvalue weighted by molar-refractivity contribution is 0.370. The molecule has 1 N–H and O–H groups in total. The third kappa shape index (κ3) is 3.13. The van der Waals surface area contributed by atoms with Crippen LogP contribution in [0.2, 0.25) is 0 Å². The molecule has 20 heavy (non-hydrogen) atoms. The fourth-order valence-corrected chi connectivity index (χ4v) is 1.83. The molecule has 2 rings (SSSR count). The van der Waals surface area contributed by atoms with Gasteiger partial charge in [-0.05, 0) is 24.4 Å². The molecule has 0 aliphatic carbocycles. The molecule has 0 amide bonds. The average Bonchev–Trinajstić information content (AvgIpc) is 2.84. The van der Waals surface area contributed by atoms with Gasteiger partial charge in [-0.1, -0.05) is 25.0 Å². The van der Waals surface area contributed by atoms with Crippen LogP contribution in [0.15, 0.2) is 29.4 Å². The number of terminal acetylenes is 1. The van der Waals surface area contributed by atoms with Crippen molar-refractivity contribution in [2.45, 2.75) is 13.3 Å². The van der Waals surface area contributed by atoms with E-state index in [1.165, 1.54) is 0 Å². The van der Waals surface area contributed by atoms with Gasteiger partial charge in [0.1, 0.15) is 12.4 Å². The molecule has 0 fully saturated rings. The van der Waals surface area contributed by atoms with Crippen molar-refractivity contribution in [1.29, 1.82) is 0 Å². The number of hydrogen-bond donors (Lipinski definition) is 1. The number of benzene rings is 1. The maximum Gasteiger partial charge on any atom is 0.216 e. The Kier molecular flexibility index (Phi) is 4.69. The predicted molar refractivity (Wildman–Crippen MR) is 80.6 cm³/mol. The van der Waals surface area contributed by atoms with E-state index in [1.807, 2.05) is 31.2 Å². The van der Waals surface area contributed by atoms with Crippen molar-refractivity contribution in [2.24, 2.45) is 5.10 Å². The summed E-state index contributed by atoms with van der Waals surface area (Å²) in [7, 11) is 0. The number of para-hydroxylation sites is 1. The normalized spacial score (nSPS) is 10.6. The highest BCUT2D eigenvalue weighted by Crippen LogP contribution is 2.15. The van der Waals surface area contributed by atoms with E-state index in [0.29, 0.717) is 10.5 Å². The fraction of sp³-hybridized carbons (Fsp3) is 0.214. The molecule has 1 aromatic carbocycles. The highest BCUT2D eigenvalue weighted by atomic mass is 32.1. The summed E-state index contributed by atoms with van der Waals surface area (Å²) < 4.78 is 7.51. The molecule has 1 heterocycles. The number of nitrogens with one attached hydrogen (secondary N) is 1. The minimum atomic E-state index is 0.218. The zero-order valence-corrected chi connectivity index (χ0v) is 11.9. The zero-order valence-electron chi connectivity index (χ0n) is 11.0. The van der Waals surface area contributed by atoms with Crippen LogP contribution in [-0.4, -0.2) is 27.7 Å². The van der Waals surface area contributed by atoms with Crippen LogP contribution in [0.3, 0.4) is 0 Å². The van der Waals surface area contributed by atoms with Crippen LogP contribution in [0.4, 0.5) is 0 Å². The first-order valence-electron chi connectivity index (χ1n) is 6.12. The smallest absolute Gasteiger partial charge is 0.216 e. The van der Waals surface area contributed by atoms with Gasteiger partial charge in [0, 0.05) is 12.0 Å². The maximum absolute atomic E-state index is 5.46. The fourth-order valence-electron chi connectivity index (χ4n) is 1.63. The lowest BCUT2D eigenvalue weighted by Gasteiger charge is -2.05. The number of aromatic nitrogens is 3. The van der Waals surface area contributed by atoms with Gasteiger partial charge in [-0.3, -0.25) is 5.10 Å². The van der Waals surface area contributed by atoms with Crippen molar-refractivity contribution in [3.05, 3.63) is 40.4 Å². The maximum atomic E-state index is 5.46. The van der Waals surface area contributed by atoms with Crippen molar-refractivity contribution >= 4 is 18.4 Å². The monoisotopic (exact) mass is 286 g/mol. The number of aromatic amines is 1. The second kappa shape index (κ2) is 6.68. The first kappa shape index (κ1) is 14.0. The lowest BCUT2D eigenvalue weighted by Crippen LogP contribution is -2.00. The summed E-state index contributed by atoms with van der Waals surface area (Å²) in [6, 6.07) is 7.52. The Labute approximate surface area is 122 Å². The molecule has 6 heteroatoms. The molecule has 0 atom stereocenters. The Hall–Kier alpha value is -2.39. The summed E-state index contributed by atoms with van der Waals surface area (Å²) in [4.78, 5) is 0. The first-order valence-corrected chi connectivity index (χ1v) is 6.53. The average molecular weight is 286 g/mol. The van der Waals surface area contributed by atoms with Gasteiger partial charge in [0.05, 0.1) is 6.21 Å². The van der Waals surface area contributed by atoms with Crippen LogP contribution in [0.1, 0.15) is 18.3 Å². The summed E-state index contributed by atoms with van der Waals surface area (Å²) in [5.74, 6) is 3.89. The third-order valence-electron chi connectivity index (χ3n) is 2.58. The Balaban J connectivity index is 2.30. The van der Waals surface area contributed by atoms with Crippen LogP contribution < -0.4 is 4.74 Å². The molecule has 5 nitrogen and oxygen atoms in total. The summed E-state index contributed by atoms with van der Waals surface area (Å²) in [5.41, 5.74) is 0.827. The Morgan fingerprint density at radius 2 is 2.35 bits per heavy atom. The summed E-state index contributed by atoms with van der Waals surface area (Å²) in [6.07, 6.45) is 7.61. The third-order valence-corrected chi connectivity index (χ3v) is 2.84. The number of H-pyrrole nitrogens is 1. The van der Waals surface area contributed by atoms with Gasteiger partial charge in [-0.25, -0.2) is 0 Å². The van der Waals surface area contributed by atoms with Gasteiger partial charge in [-0.15, -0.1) is 6.42 Å². The van der Waals surface area contributed by atoms with E-state index < -0.39 is 0 Å². The van der Waals surface area contributed by atoms with E-state index in [-0.39, 0.29) is 6.61 Å². The van der Waals surface area contributed by atoms with Gasteiger partial charge in [0.25, 0.3) is 0 Å². The van der Waals surface area contributed by atoms with E-state index in [4.69, 9.17) is 23.4 Å². The highest BCUT2D eigenvalue weighted by Gasteiger charge is 2.03. The largest absolute Gasteiger partial charge is 0.480 e. The molecule has 102 valence electrons. The van der Waals surface area contributed by atoms with Crippen LogP contribution >= 0.6 is 12.2 Å². The molecular weight excluding hydrogens is 272 g/mol. The predicted octanol–water partition coefficient (Wildman–Crippen LogP) is 2.40. The molecule has 2 aromatic rings. The Bertz CT molecular complexity index is 708. The van der Waals surface area contributed by atoms with E-state index in [0.717, 1.165) is 17.8 Å². The van der Waals surface area contributed by atoms with E-state index >= 15 is 0 Å². The molecular formula is C14H14N4OS. The molecule has 0 spiro atoms. The van der Waals surface area contributed by atoms with E-state index in [9.17, 15) is 0 Å². The minimum absolute atomic E-state index is 0.218. The number of nitrogens with zero attached hydrogens (tertiary/aromatic N) is 3. The van der Waals surface area contributed by atoms with Gasteiger partial charge < -0.3 is 4.74 Å². The molecule has 0 aliphatic rings. The standard InChI is InChI=1S/C14H14N4OS/c1-3-9-19-12-8-6-5-7-11(12)10-15-18-13(4-2)16-17-14(18)20/h1,5-8,10H,4,9H2,2H3,(H,17,20)/b15-10-. The van der Waals surface area contributed by atoms with Gasteiger partial charge >= 0.3 is 0 Å². The quantitative estimate of drug-likeness (QED) is 0.521. The highest BCUT2D eigenvalue weighted by molar-refractivity contribution is 7.71. The molecule has 0 saturated heterocycles. The molecule has 1 aromatic heterocycles. The van der Waals surface area contributed by atoms with Gasteiger partial charge in [0.2, 0.25) is 4.77 Å². The molecule has 0 saturated carbocycles. The van der Waals surface area contributed by atoms with E-state index in [2.05, 4.69) is 21.2 Å². The Morgan fingerprint density at radius 3 is 3.10 bits per heavy atom. The zero-order chi connectivity index (χ0) is 14.4. The number of ether oxygens (including phenoxy) is 1.